The van der Waals surface area contributed by atoms with Crippen LogP contribution in [0, 0.1) is 23.0 Å². The topological polar surface area (TPSA) is 74.2 Å². The van der Waals surface area contributed by atoms with Gasteiger partial charge in [-0.1, -0.05) is 12.1 Å². The molecular formula is C23H21F6N3O2. The standard InChI is InChI=1S/C23H21F6N3O2/c24-16-3-1-15(2-4-16)11-22(26,27)12-19(20(33)32-21(13-30)9-10-21)31-14-23(28,29)34-18-7-5-17(25)6-8-18/h1-8,19,31H,9-12,14H2,(H,32,33)/t19-/m0/s1. The summed E-state index contributed by atoms with van der Waals surface area (Å²) in [4.78, 5) is 12.6. The molecule has 0 radical (unpaired) electrons. The van der Waals surface area contributed by atoms with E-state index in [9.17, 15) is 31.1 Å². The molecule has 1 aliphatic carbocycles. The Balaban J connectivity index is 1.69. The number of halogens is 6. The molecule has 1 aliphatic rings. The summed E-state index contributed by atoms with van der Waals surface area (Å²) >= 11 is 0. The Kier molecular flexibility index (Phi) is 7.41. The minimum atomic E-state index is -3.92. The fraction of sp³-hybridized carbons (Fsp3) is 0.391. The van der Waals surface area contributed by atoms with Crippen LogP contribution in [0.4, 0.5) is 26.3 Å². The molecule has 5 nitrogen and oxygen atoms in total. The van der Waals surface area contributed by atoms with E-state index in [0.29, 0.717) is 12.8 Å². The van der Waals surface area contributed by atoms with Gasteiger partial charge in [-0.15, -0.1) is 0 Å². The monoisotopic (exact) mass is 485 g/mol. The van der Waals surface area contributed by atoms with Crippen LogP contribution < -0.4 is 15.4 Å². The summed E-state index contributed by atoms with van der Waals surface area (Å²) in [6.45, 7) is -1.31. The second-order valence-corrected chi connectivity index (χ2v) is 8.17. The Hall–Kier alpha value is -3.26. The van der Waals surface area contributed by atoms with Crippen LogP contribution in [0.15, 0.2) is 48.5 Å². The Bertz CT molecular complexity index is 1030. The Morgan fingerprint density at radius 2 is 1.59 bits per heavy atom. The lowest BCUT2D eigenvalue weighted by molar-refractivity contribution is -0.174. The minimum Gasteiger partial charge on any atom is -0.432 e. The molecule has 2 aromatic rings. The van der Waals surface area contributed by atoms with Crippen molar-refractivity contribution in [3.63, 3.8) is 0 Å². The number of hydrogen-bond acceptors (Lipinski definition) is 4. The number of nitrogens with one attached hydrogen (secondary N) is 2. The quantitative estimate of drug-likeness (QED) is 0.465. The van der Waals surface area contributed by atoms with Crippen molar-refractivity contribution in [3.05, 3.63) is 65.7 Å². The van der Waals surface area contributed by atoms with Crippen molar-refractivity contribution in [2.24, 2.45) is 0 Å². The van der Waals surface area contributed by atoms with E-state index in [1.54, 1.807) is 0 Å². The summed E-state index contributed by atoms with van der Waals surface area (Å²) in [5.41, 5.74) is -1.11. The van der Waals surface area contributed by atoms with Gasteiger partial charge >= 0.3 is 6.11 Å². The average Bonchev–Trinajstić information content (AvgIpc) is 3.54. The SMILES string of the molecule is N#CC1(NC(=O)[C@H](CC(F)(F)Cc2ccc(F)cc2)NCC(F)(F)Oc2ccc(F)cc2)CC1. The van der Waals surface area contributed by atoms with Crippen LogP contribution in [0.5, 0.6) is 5.75 Å². The number of nitrogens with zero attached hydrogens (tertiary/aromatic N) is 1. The van der Waals surface area contributed by atoms with Crippen molar-refractivity contribution in [1.29, 1.82) is 5.26 Å². The van der Waals surface area contributed by atoms with Crippen molar-refractivity contribution >= 4 is 5.91 Å². The molecule has 0 aromatic heterocycles. The van der Waals surface area contributed by atoms with Crippen LogP contribution in [0.1, 0.15) is 24.8 Å². The molecule has 1 saturated carbocycles. The lowest BCUT2D eigenvalue weighted by atomic mass is 9.99. The molecule has 0 bridgehead atoms. The normalized spacial score (nSPS) is 15.8. The van der Waals surface area contributed by atoms with Gasteiger partial charge in [0.25, 0.3) is 5.92 Å². The van der Waals surface area contributed by atoms with Crippen molar-refractivity contribution in [2.75, 3.05) is 6.54 Å². The van der Waals surface area contributed by atoms with Gasteiger partial charge in [-0.2, -0.15) is 14.0 Å². The molecule has 2 N–H and O–H groups in total. The van der Waals surface area contributed by atoms with Crippen LogP contribution in [-0.2, 0) is 11.2 Å². The van der Waals surface area contributed by atoms with Crippen molar-refractivity contribution in [1.82, 2.24) is 10.6 Å². The third kappa shape index (κ3) is 7.38. The third-order valence-electron chi connectivity index (χ3n) is 5.16. The van der Waals surface area contributed by atoms with Gasteiger partial charge in [0.05, 0.1) is 12.1 Å². The fourth-order valence-electron chi connectivity index (χ4n) is 3.20. The molecule has 3 rings (SSSR count). The first kappa shape index (κ1) is 25.4. The van der Waals surface area contributed by atoms with E-state index < -0.39 is 60.5 Å². The van der Waals surface area contributed by atoms with Gasteiger partial charge in [0, 0.05) is 12.8 Å². The number of carbonyl (C=O) groups excluding carboxylic acids is 1. The zero-order chi connectivity index (χ0) is 25.0. The van der Waals surface area contributed by atoms with E-state index in [2.05, 4.69) is 15.4 Å². The fourth-order valence-corrected chi connectivity index (χ4v) is 3.20. The molecule has 1 amide bonds. The summed E-state index contributed by atoms with van der Waals surface area (Å²) in [5.74, 6) is -6.20. The molecule has 1 fully saturated rings. The van der Waals surface area contributed by atoms with Gasteiger partial charge in [-0.3, -0.25) is 10.1 Å². The van der Waals surface area contributed by atoms with Crippen LogP contribution in [0.2, 0.25) is 0 Å². The second kappa shape index (κ2) is 9.93. The first-order valence-corrected chi connectivity index (χ1v) is 10.3. The summed E-state index contributed by atoms with van der Waals surface area (Å²) in [6.07, 6.45) is -5.31. The molecule has 34 heavy (non-hydrogen) atoms. The van der Waals surface area contributed by atoms with Crippen molar-refractivity contribution in [3.8, 4) is 11.8 Å². The Morgan fingerprint density at radius 1 is 1.03 bits per heavy atom. The third-order valence-corrected chi connectivity index (χ3v) is 5.16. The Labute approximate surface area is 191 Å². The molecule has 2 aromatic carbocycles. The van der Waals surface area contributed by atoms with Gasteiger partial charge in [0.2, 0.25) is 5.91 Å². The summed E-state index contributed by atoms with van der Waals surface area (Å²) in [5, 5.41) is 13.6. The van der Waals surface area contributed by atoms with E-state index >= 15 is 0 Å². The molecule has 0 spiro atoms. The maximum absolute atomic E-state index is 14.7. The highest BCUT2D eigenvalue weighted by Gasteiger charge is 2.47. The number of benzene rings is 2. The first-order chi connectivity index (χ1) is 15.9. The number of alkyl halides is 4. The number of amides is 1. The highest BCUT2D eigenvalue weighted by atomic mass is 19.3. The maximum atomic E-state index is 14.7. The van der Waals surface area contributed by atoms with Crippen molar-refractivity contribution < 1.29 is 35.9 Å². The number of ether oxygens (including phenoxy) is 1. The van der Waals surface area contributed by atoms with Gasteiger partial charge in [0.1, 0.15) is 29.5 Å². The molecule has 11 heteroatoms. The van der Waals surface area contributed by atoms with Crippen LogP contribution >= 0.6 is 0 Å². The molecule has 0 aliphatic heterocycles. The van der Waals surface area contributed by atoms with E-state index in [1.807, 2.05) is 6.07 Å². The molecule has 0 saturated heterocycles. The van der Waals surface area contributed by atoms with E-state index in [-0.39, 0.29) is 11.3 Å². The molecule has 182 valence electrons. The Morgan fingerprint density at radius 3 is 2.12 bits per heavy atom. The molecule has 0 heterocycles. The van der Waals surface area contributed by atoms with Crippen LogP contribution in [0.25, 0.3) is 0 Å². The second-order valence-electron chi connectivity index (χ2n) is 8.17. The largest absolute Gasteiger partial charge is 0.432 e. The van der Waals surface area contributed by atoms with Crippen molar-refractivity contribution in [2.45, 2.75) is 49.3 Å². The summed E-state index contributed by atoms with van der Waals surface area (Å²) in [6, 6.07) is 8.15. The average molecular weight is 485 g/mol. The predicted molar refractivity (Wildman–Crippen MR) is 109 cm³/mol. The predicted octanol–water partition coefficient (Wildman–Crippen LogP) is 4.34. The van der Waals surface area contributed by atoms with Gasteiger partial charge in [-0.25, -0.2) is 17.6 Å². The number of hydrogen-bond donors (Lipinski definition) is 2. The van der Waals surface area contributed by atoms with Crippen LogP contribution in [-0.4, -0.2) is 36.1 Å². The summed E-state index contributed by atoms with van der Waals surface area (Å²) < 4.78 is 88.5. The zero-order valence-corrected chi connectivity index (χ0v) is 17.8. The lowest BCUT2D eigenvalue weighted by Crippen LogP contribution is -2.53. The van der Waals surface area contributed by atoms with Gasteiger partial charge < -0.3 is 10.1 Å². The highest BCUT2D eigenvalue weighted by Crippen LogP contribution is 2.35. The van der Waals surface area contributed by atoms with E-state index in [4.69, 9.17) is 5.26 Å². The lowest BCUT2D eigenvalue weighted by Gasteiger charge is -2.27. The molecular weight excluding hydrogens is 464 g/mol. The minimum absolute atomic E-state index is 0.0891. The van der Waals surface area contributed by atoms with E-state index in [0.717, 1.165) is 48.5 Å². The smallest absolute Gasteiger partial charge is 0.410 e. The number of rotatable bonds is 11. The molecule has 0 unspecified atom stereocenters. The maximum Gasteiger partial charge on any atom is 0.410 e. The number of nitriles is 1. The zero-order valence-electron chi connectivity index (χ0n) is 17.8. The van der Waals surface area contributed by atoms with Gasteiger partial charge in [-0.05, 0) is 54.8 Å². The summed E-state index contributed by atoms with van der Waals surface area (Å²) in [7, 11) is 0. The number of carbonyl (C=O) groups is 1. The first-order valence-electron chi connectivity index (χ1n) is 10.3. The highest BCUT2D eigenvalue weighted by molar-refractivity contribution is 5.83. The van der Waals surface area contributed by atoms with E-state index in [1.165, 1.54) is 0 Å². The van der Waals surface area contributed by atoms with Crippen LogP contribution in [0.3, 0.4) is 0 Å². The van der Waals surface area contributed by atoms with Gasteiger partial charge in [0.15, 0.2) is 0 Å². The molecule has 1 atom stereocenters.